The molecule has 0 spiro atoms. The van der Waals surface area contributed by atoms with E-state index in [1.54, 1.807) is 0 Å². The second-order valence-corrected chi connectivity index (χ2v) is 4.16. The van der Waals surface area contributed by atoms with Crippen molar-refractivity contribution in [2.75, 3.05) is 0 Å². The van der Waals surface area contributed by atoms with E-state index in [1.165, 1.54) is 0 Å². The van der Waals surface area contributed by atoms with Crippen molar-refractivity contribution in [3.05, 3.63) is 0 Å². The summed E-state index contributed by atoms with van der Waals surface area (Å²) < 4.78 is 5.05. The molecule has 0 saturated carbocycles. The van der Waals surface area contributed by atoms with Gasteiger partial charge in [-0.2, -0.15) is 0 Å². The third-order valence-corrected chi connectivity index (χ3v) is 2.79. The van der Waals surface area contributed by atoms with Crippen LogP contribution in [0.1, 0.15) is 46.5 Å². The molecule has 0 rings (SSSR count). The highest BCUT2D eigenvalue weighted by atomic mass is 16.5. The lowest BCUT2D eigenvalue weighted by Crippen LogP contribution is -2.40. The molecule has 0 amide bonds. The second-order valence-electron chi connectivity index (χ2n) is 4.16. The van der Waals surface area contributed by atoms with E-state index in [9.17, 15) is 9.59 Å². The van der Waals surface area contributed by atoms with Crippen LogP contribution < -0.4 is 5.73 Å². The normalized spacial score (nSPS) is 16.2. The monoisotopic (exact) mass is 229 g/mol. The molecule has 0 aromatic heterocycles. The van der Waals surface area contributed by atoms with Crippen LogP contribution in [0.2, 0.25) is 0 Å². The molecule has 0 saturated heterocycles. The number of unbranched alkanes of at least 4 members (excludes halogenated alkanes) is 1. The van der Waals surface area contributed by atoms with E-state index < -0.39 is 18.1 Å². The molecule has 0 aliphatic carbocycles. The van der Waals surface area contributed by atoms with Crippen LogP contribution in [0, 0.1) is 5.92 Å². The Labute approximate surface area is 97.5 Å². The van der Waals surface area contributed by atoms with Gasteiger partial charge in [0.25, 0.3) is 0 Å². The zero-order chi connectivity index (χ0) is 12.6. The van der Waals surface area contributed by atoms with Crippen LogP contribution in [-0.2, 0) is 14.3 Å². The Balaban J connectivity index is 4.13. The molecule has 0 radical (unpaired) electrons. The molecule has 0 bridgehead atoms. The first kappa shape index (κ1) is 15.1. The molecule has 0 aromatic rings. The molecule has 0 fully saturated rings. The summed E-state index contributed by atoms with van der Waals surface area (Å²) in [5.74, 6) is -0.395. The molecule has 4 nitrogen and oxygen atoms in total. The largest absolute Gasteiger partial charge is 0.454 e. The fraction of sp³-hybridized carbons (Fsp3) is 0.833. The number of esters is 1. The average molecular weight is 229 g/mol. The lowest BCUT2D eigenvalue weighted by atomic mass is 10.0. The van der Waals surface area contributed by atoms with E-state index in [1.807, 2.05) is 20.8 Å². The zero-order valence-corrected chi connectivity index (χ0v) is 10.4. The van der Waals surface area contributed by atoms with Gasteiger partial charge in [-0.3, -0.25) is 9.59 Å². The molecular weight excluding hydrogens is 206 g/mol. The molecule has 0 aliphatic rings. The number of rotatable bonds is 8. The molecule has 0 aliphatic heterocycles. The van der Waals surface area contributed by atoms with Crippen molar-refractivity contribution in [1.82, 2.24) is 0 Å². The number of hydrogen-bond acceptors (Lipinski definition) is 4. The van der Waals surface area contributed by atoms with Crippen LogP contribution in [0.15, 0.2) is 0 Å². The van der Waals surface area contributed by atoms with Crippen molar-refractivity contribution in [3.8, 4) is 0 Å². The molecule has 3 atom stereocenters. The molecule has 94 valence electrons. The summed E-state index contributed by atoms with van der Waals surface area (Å²) in [7, 11) is 0. The van der Waals surface area contributed by atoms with Crippen molar-refractivity contribution >= 4 is 12.3 Å². The van der Waals surface area contributed by atoms with Gasteiger partial charge in [-0.1, -0.05) is 33.6 Å². The van der Waals surface area contributed by atoms with Gasteiger partial charge in [0.15, 0.2) is 12.4 Å². The first-order valence-corrected chi connectivity index (χ1v) is 5.98. The first-order chi connectivity index (χ1) is 7.56. The van der Waals surface area contributed by atoms with Gasteiger partial charge in [0.1, 0.15) is 6.04 Å². The Morgan fingerprint density at radius 2 is 2.06 bits per heavy atom. The molecule has 4 heteroatoms. The molecule has 2 unspecified atom stereocenters. The summed E-state index contributed by atoms with van der Waals surface area (Å²) in [6.07, 6.45) is 3.28. The van der Waals surface area contributed by atoms with Gasteiger partial charge < -0.3 is 10.5 Å². The van der Waals surface area contributed by atoms with E-state index in [0.717, 1.165) is 19.3 Å². The van der Waals surface area contributed by atoms with Crippen LogP contribution in [0.4, 0.5) is 0 Å². The predicted octanol–water partition coefficient (Wildman–Crippen LogP) is 1.66. The van der Waals surface area contributed by atoms with Gasteiger partial charge in [-0.05, 0) is 18.8 Å². The maximum absolute atomic E-state index is 11.6. The Hall–Kier alpha value is -0.900. The number of ether oxygens (including phenoxy) is 1. The van der Waals surface area contributed by atoms with Crippen molar-refractivity contribution in [3.63, 3.8) is 0 Å². The van der Waals surface area contributed by atoms with Gasteiger partial charge >= 0.3 is 5.97 Å². The highest BCUT2D eigenvalue weighted by molar-refractivity contribution is 5.77. The summed E-state index contributed by atoms with van der Waals surface area (Å²) in [5.41, 5.74) is 5.71. The van der Waals surface area contributed by atoms with Gasteiger partial charge in [0.05, 0.1) is 0 Å². The van der Waals surface area contributed by atoms with Crippen LogP contribution in [0.25, 0.3) is 0 Å². The smallest absolute Gasteiger partial charge is 0.323 e. The number of hydrogen-bond donors (Lipinski definition) is 1. The minimum absolute atomic E-state index is 0.0750. The van der Waals surface area contributed by atoms with Gasteiger partial charge in [-0.25, -0.2) is 0 Å². The summed E-state index contributed by atoms with van der Waals surface area (Å²) >= 11 is 0. The van der Waals surface area contributed by atoms with Crippen LogP contribution in [0.3, 0.4) is 0 Å². The van der Waals surface area contributed by atoms with E-state index >= 15 is 0 Å². The fourth-order valence-electron chi connectivity index (χ4n) is 1.27. The number of aldehydes is 1. The number of nitrogens with two attached hydrogens (primary N) is 1. The maximum atomic E-state index is 11.6. The van der Waals surface area contributed by atoms with E-state index in [4.69, 9.17) is 10.5 Å². The first-order valence-electron chi connectivity index (χ1n) is 5.98. The molecule has 0 heterocycles. The maximum Gasteiger partial charge on any atom is 0.323 e. The topological polar surface area (TPSA) is 69.4 Å². The predicted molar refractivity (Wildman–Crippen MR) is 62.9 cm³/mol. The Morgan fingerprint density at radius 1 is 1.44 bits per heavy atom. The summed E-state index contributed by atoms with van der Waals surface area (Å²) in [5, 5.41) is 0. The third kappa shape index (κ3) is 5.26. The summed E-state index contributed by atoms with van der Waals surface area (Å²) in [4.78, 5) is 22.3. The number of carbonyl (C=O) groups is 2. The number of carbonyl (C=O) groups excluding carboxylic acids is 2. The van der Waals surface area contributed by atoms with Crippen LogP contribution in [-0.4, -0.2) is 24.4 Å². The fourth-order valence-corrected chi connectivity index (χ4v) is 1.27. The Morgan fingerprint density at radius 3 is 2.50 bits per heavy atom. The molecule has 2 N–H and O–H groups in total. The van der Waals surface area contributed by atoms with E-state index in [2.05, 4.69) is 0 Å². The van der Waals surface area contributed by atoms with Gasteiger partial charge in [0, 0.05) is 0 Å². The average Bonchev–Trinajstić information content (AvgIpc) is 2.31. The van der Waals surface area contributed by atoms with Crippen molar-refractivity contribution in [1.29, 1.82) is 0 Å². The van der Waals surface area contributed by atoms with Crippen molar-refractivity contribution in [2.24, 2.45) is 11.7 Å². The minimum Gasteiger partial charge on any atom is -0.454 e. The lowest BCUT2D eigenvalue weighted by Gasteiger charge is -2.19. The van der Waals surface area contributed by atoms with Gasteiger partial charge in [-0.15, -0.1) is 0 Å². The zero-order valence-electron chi connectivity index (χ0n) is 10.4. The van der Waals surface area contributed by atoms with E-state index in [-0.39, 0.29) is 5.92 Å². The standard InChI is InChI=1S/C12H23NO3/c1-4-6-7-10(8-14)16-12(15)11(13)9(3)5-2/h8-11H,4-7,13H2,1-3H3/t9?,10?,11-/m0/s1. The third-order valence-electron chi connectivity index (χ3n) is 2.79. The Kier molecular flexibility index (Phi) is 7.81. The summed E-state index contributed by atoms with van der Waals surface area (Å²) in [6, 6.07) is -0.630. The summed E-state index contributed by atoms with van der Waals surface area (Å²) in [6.45, 7) is 5.88. The molecular formula is C12H23NO3. The van der Waals surface area contributed by atoms with Crippen molar-refractivity contribution < 1.29 is 14.3 Å². The highest BCUT2D eigenvalue weighted by Gasteiger charge is 2.23. The van der Waals surface area contributed by atoms with Crippen molar-refractivity contribution in [2.45, 2.75) is 58.6 Å². The van der Waals surface area contributed by atoms with Crippen LogP contribution in [0.5, 0.6) is 0 Å². The van der Waals surface area contributed by atoms with Gasteiger partial charge in [0.2, 0.25) is 0 Å². The quantitative estimate of drug-likeness (QED) is 0.507. The minimum atomic E-state index is -0.637. The molecule has 16 heavy (non-hydrogen) atoms. The second kappa shape index (κ2) is 8.28. The molecule has 0 aromatic carbocycles. The van der Waals surface area contributed by atoms with E-state index in [0.29, 0.717) is 12.7 Å². The highest BCUT2D eigenvalue weighted by Crippen LogP contribution is 2.09. The Bertz CT molecular complexity index is 218. The SMILES string of the molecule is CCCCC(C=O)OC(=O)[C@@H](N)C(C)CC. The lowest BCUT2D eigenvalue weighted by molar-refractivity contribution is -0.154. The van der Waals surface area contributed by atoms with Crippen LogP contribution >= 0.6 is 0 Å².